The molecule has 0 heterocycles. The summed E-state index contributed by atoms with van der Waals surface area (Å²) in [4.78, 5) is 4.44. The van der Waals surface area contributed by atoms with E-state index in [0.717, 1.165) is 19.5 Å². The lowest BCUT2D eigenvalue weighted by Crippen LogP contribution is -2.42. The summed E-state index contributed by atoms with van der Waals surface area (Å²) < 4.78 is 5.96. The van der Waals surface area contributed by atoms with Crippen molar-refractivity contribution in [2.75, 3.05) is 27.2 Å². The van der Waals surface area contributed by atoms with Crippen molar-refractivity contribution in [3.05, 3.63) is 0 Å². The van der Waals surface area contributed by atoms with Crippen LogP contribution in [0, 0.1) is 0 Å². The summed E-state index contributed by atoms with van der Waals surface area (Å²) in [6, 6.07) is 0. The maximum absolute atomic E-state index is 5.96. The van der Waals surface area contributed by atoms with Gasteiger partial charge in [0, 0.05) is 0 Å². The van der Waals surface area contributed by atoms with Crippen LogP contribution in [-0.4, -0.2) is 49.4 Å². The molecule has 3 nitrogen and oxygen atoms in total. The average molecular weight is 202 g/mol. The molecule has 86 valence electrons. The molecule has 0 aromatic carbocycles. The summed E-state index contributed by atoms with van der Waals surface area (Å²) in [5.74, 6) is 0. The first-order chi connectivity index (χ1) is 6.56. The second-order valence-corrected chi connectivity index (χ2v) is 3.78. The van der Waals surface area contributed by atoms with Gasteiger partial charge in [0.1, 0.15) is 12.5 Å². The summed E-state index contributed by atoms with van der Waals surface area (Å²) in [5, 5.41) is 0. The molecule has 0 amide bonds. The Morgan fingerprint density at radius 1 is 1.07 bits per heavy atom. The standard InChI is InChI=1S/C11H26N2O/c1-7-11(13(8-2)9-3)14-10(4)12(5)6/h10-11H,7-9H2,1-6H3. The van der Waals surface area contributed by atoms with Crippen molar-refractivity contribution in [2.45, 2.75) is 46.6 Å². The summed E-state index contributed by atoms with van der Waals surface area (Å²) in [6.45, 7) is 10.7. The van der Waals surface area contributed by atoms with Crippen LogP contribution < -0.4 is 0 Å². The molecule has 0 N–H and O–H groups in total. The topological polar surface area (TPSA) is 15.7 Å². The molecule has 2 unspecified atom stereocenters. The molecular weight excluding hydrogens is 176 g/mol. The van der Waals surface area contributed by atoms with Gasteiger partial charge in [0.15, 0.2) is 0 Å². The van der Waals surface area contributed by atoms with E-state index in [1.807, 2.05) is 14.1 Å². The summed E-state index contributed by atoms with van der Waals surface area (Å²) in [6.07, 6.45) is 1.47. The van der Waals surface area contributed by atoms with E-state index in [4.69, 9.17) is 4.74 Å². The second-order valence-electron chi connectivity index (χ2n) is 3.78. The van der Waals surface area contributed by atoms with Crippen LogP contribution in [0.4, 0.5) is 0 Å². The van der Waals surface area contributed by atoms with Crippen LogP contribution in [0.3, 0.4) is 0 Å². The Hall–Kier alpha value is -0.120. The van der Waals surface area contributed by atoms with Gasteiger partial charge in [-0.05, 0) is 40.5 Å². The molecule has 0 radical (unpaired) electrons. The Balaban J connectivity index is 4.12. The van der Waals surface area contributed by atoms with E-state index in [-0.39, 0.29) is 12.5 Å². The Morgan fingerprint density at radius 3 is 1.86 bits per heavy atom. The zero-order valence-electron chi connectivity index (χ0n) is 10.6. The van der Waals surface area contributed by atoms with E-state index in [2.05, 4.69) is 37.5 Å². The fourth-order valence-electron chi connectivity index (χ4n) is 1.42. The molecule has 0 spiro atoms. The van der Waals surface area contributed by atoms with Crippen molar-refractivity contribution >= 4 is 0 Å². The molecule has 0 aromatic rings. The molecular formula is C11H26N2O. The molecule has 0 aliphatic rings. The molecule has 0 saturated heterocycles. The predicted molar refractivity (Wildman–Crippen MR) is 61.2 cm³/mol. The molecule has 0 fully saturated rings. The highest BCUT2D eigenvalue weighted by Crippen LogP contribution is 2.09. The molecule has 0 aliphatic carbocycles. The molecule has 3 heteroatoms. The van der Waals surface area contributed by atoms with Crippen LogP contribution in [0.2, 0.25) is 0 Å². The van der Waals surface area contributed by atoms with Crippen molar-refractivity contribution in [3.63, 3.8) is 0 Å². The highest BCUT2D eigenvalue weighted by Gasteiger charge is 2.17. The fraction of sp³-hybridized carbons (Fsp3) is 1.00. The van der Waals surface area contributed by atoms with Crippen LogP contribution in [0.5, 0.6) is 0 Å². The number of hydrogen-bond donors (Lipinski definition) is 0. The van der Waals surface area contributed by atoms with Gasteiger partial charge in [-0.25, -0.2) is 0 Å². The summed E-state index contributed by atoms with van der Waals surface area (Å²) in [7, 11) is 4.08. The average Bonchev–Trinajstić information content (AvgIpc) is 2.17. The third kappa shape index (κ3) is 4.40. The molecule has 0 rings (SSSR count). The monoisotopic (exact) mass is 202 g/mol. The zero-order chi connectivity index (χ0) is 11.1. The molecule has 0 saturated carbocycles. The maximum Gasteiger partial charge on any atom is 0.112 e. The fourth-order valence-corrected chi connectivity index (χ4v) is 1.42. The van der Waals surface area contributed by atoms with Crippen molar-refractivity contribution in [1.29, 1.82) is 0 Å². The molecule has 2 atom stereocenters. The van der Waals surface area contributed by atoms with Gasteiger partial charge in [0.2, 0.25) is 0 Å². The van der Waals surface area contributed by atoms with Gasteiger partial charge in [0.25, 0.3) is 0 Å². The highest BCUT2D eigenvalue weighted by molar-refractivity contribution is 4.60. The van der Waals surface area contributed by atoms with Crippen LogP contribution in [0.25, 0.3) is 0 Å². The number of hydrogen-bond acceptors (Lipinski definition) is 3. The van der Waals surface area contributed by atoms with Crippen molar-refractivity contribution < 1.29 is 4.74 Å². The first-order valence-corrected chi connectivity index (χ1v) is 5.62. The van der Waals surface area contributed by atoms with E-state index < -0.39 is 0 Å². The minimum Gasteiger partial charge on any atom is -0.345 e. The van der Waals surface area contributed by atoms with E-state index in [0.29, 0.717) is 0 Å². The molecule has 0 bridgehead atoms. The minimum atomic E-state index is 0.181. The quantitative estimate of drug-likeness (QED) is 0.587. The lowest BCUT2D eigenvalue weighted by Gasteiger charge is -2.33. The highest BCUT2D eigenvalue weighted by atomic mass is 16.5. The number of rotatable bonds is 7. The smallest absolute Gasteiger partial charge is 0.112 e. The summed E-state index contributed by atoms with van der Waals surface area (Å²) >= 11 is 0. The Morgan fingerprint density at radius 2 is 1.57 bits per heavy atom. The Bertz CT molecular complexity index is 135. The molecule has 14 heavy (non-hydrogen) atoms. The SMILES string of the molecule is CCC(OC(C)N(C)C)N(CC)CC. The van der Waals surface area contributed by atoms with Crippen molar-refractivity contribution in [2.24, 2.45) is 0 Å². The normalized spacial score (nSPS) is 16.3. The third-order valence-corrected chi connectivity index (χ3v) is 2.65. The predicted octanol–water partition coefficient (Wildman–Crippen LogP) is 1.99. The van der Waals surface area contributed by atoms with Crippen LogP contribution in [-0.2, 0) is 4.74 Å². The van der Waals surface area contributed by atoms with Gasteiger partial charge in [-0.3, -0.25) is 9.80 Å². The van der Waals surface area contributed by atoms with E-state index in [9.17, 15) is 0 Å². The lowest BCUT2D eigenvalue weighted by atomic mass is 10.3. The second kappa shape index (κ2) is 7.21. The number of nitrogens with zero attached hydrogens (tertiary/aromatic N) is 2. The largest absolute Gasteiger partial charge is 0.345 e. The molecule has 0 aliphatic heterocycles. The number of ether oxygens (including phenoxy) is 1. The van der Waals surface area contributed by atoms with Gasteiger partial charge in [0.05, 0.1) is 0 Å². The minimum absolute atomic E-state index is 0.181. The maximum atomic E-state index is 5.96. The first-order valence-electron chi connectivity index (χ1n) is 5.62. The van der Waals surface area contributed by atoms with Gasteiger partial charge in [-0.15, -0.1) is 0 Å². The van der Waals surface area contributed by atoms with Crippen LogP contribution >= 0.6 is 0 Å². The zero-order valence-corrected chi connectivity index (χ0v) is 10.6. The van der Waals surface area contributed by atoms with Gasteiger partial charge < -0.3 is 4.74 Å². The van der Waals surface area contributed by atoms with Crippen molar-refractivity contribution in [3.8, 4) is 0 Å². The van der Waals surface area contributed by atoms with Crippen LogP contribution in [0.15, 0.2) is 0 Å². The first kappa shape index (κ1) is 13.9. The lowest BCUT2D eigenvalue weighted by molar-refractivity contribution is -0.134. The van der Waals surface area contributed by atoms with Gasteiger partial charge >= 0.3 is 0 Å². The van der Waals surface area contributed by atoms with E-state index >= 15 is 0 Å². The van der Waals surface area contributed by atoms with Crippen LogP contribution in [0.1, 0.15) is 34.1 Å². The summed E-state index contributed by atoms with van der Waals surface area (Å²) in [5.41, 5.74) is 0. The Kier molecular flexibility index (Phi) is 7.15. The Labute approximate surface area is 89.0 Å². The van der Waals surface area contributed by atoms with E-state index in [1.165, 1.54) is 0 Å². The van der Waals surface area contributed by atoms with Gasteiger partial charge in [-0.2, -0.15) is 0 Å². The van der Waals surface area contributed by atoms with E-state index in [1.54, 1.807) is 0 Å². The van der Waals surface area contributed by atoms with Crippen molar-refractivity contribution in [1.82, 2.24) is 9.80 Å². The van der Waals surface area contributed by atoms with Gasteiger partial charge in [-0.1, -0.05) is 20.8 Å². The third-order valence-electron chi connectivity index (χ3n) is 2.65. The molecule has 0 aromatic heterocycles.